The van der Waals surface area contributed by atoms with Gasteiger partial charge in [-0.1, -0.05) is 11.6 Å². The molecule has 1 saturated heterocycles. The Morgan fingerprint density at radius 3 is 3.11 bits per heavy atom. The fourth-order valence-corrected chi connectivity index (χ4v) is 3.26. The highest BCUT2D eigenvalue weighted by atomic mass is 15.1. The molecule has 3 nitrogen and oxygen atoms in total. The monoisotopic (exact) mass is 245 g/mol. The van der Waals surface area contributed by atoms with Crippen molar-refractivity contribution < 1.29 is 0 Å². The summed E-state index contributed by atoms with van der Waals surface area (Å²) in [4.78, 5) is 10.3. The van der Waals surface area contributed by atoms with Crippen LogP contribution in [0.15, 0.2) is 24.0 Å². The molecule has 1 aliphatic heterocycles. The first kappa shape index (κ1) is 12.0. The lowest BCUT2D eigenvalue weighted by Gasteiger charge is -2.33. The van der Waals surface area contributed by atoms with Gasteiger partial charge in [-0.3, -0.25) is 4.90 Å². The van der Waals surface area contributed by atoms with Crippen molar-refractivity contribution in [1.82, 2.24) is 14.9 Å². The van der Waals surface area contributed by atoms with Gasteiger partial charge in [0.2, 0.25) is 0 Å². The molecule has 0 bridgehead atoms. The highest BCUT2D eigenvalue weighted by Crippen LogP contribution is 2.26. The number of likely N-dealkylation sites (tertiary alicyclic amines) is 1. The van der Waals surface area contributed by atoms with Gasteiger partial charge in [0.25, 0.3) is 0 Å². The van der Waals surface area contributed by atoms with Crippen molar-refractivity contribution in [3.05, 3.63) is 29.9 Å². The minimum atomic E-state index is 0.609. The van der Waals surface area contributed by atoms with Gasteiger partial charge in [0.05, 0.1) is 0 Å². The third kappa shape index (κ3) is 2.83. The lowest BCUT2D eigenvalue weighted by atomic mass is 9.95. The van der Waals surface area contributed by atoms with Crippen LogP contribution in [0, 0.1) is 0 Å². The Labute approximate surface area is 109 Å². The maximum atomic E-state index is 4.42. The van der Waals surface area contributed by atoms with E-state index >= 15 is 0 Å². The van der Waals surface area contributed by atoms with E-state index in [9.17, 15) is 0 Å². The van der Waals surface area contributed by atoms with Gasteiger partial charge in [-0.2, -0.15) is 0 Å². The van der Waals surface area contributed by atoms with Gasteiger partial charge in [-0.05, 0) is 45.1 Å². The Bertz CT molecular complexity index is 394. The van der Waals surface area contributed by atoms with Crippen LogP contribution in [0.2, 0.25) is 0 Å². The lowest BCUT2D eigenvalue weighted by molar-refractivity contribution is 0.217. The molecule has 0 amide bonds. The van der Waals surface area contributed by atoms with Crippen LogP contribution < -0.4 is 0 Å². The normalized spacial score (nSPS) is 26.0. The van der Waals surface area contributed by atoms with Gasteiger partial charge in [-0.15, -0.1) is 0 Å². The molecule has 1 unspecified atom stereocenters. The van der Waals surface area contributed by atoms with Gasteiger partial charge in [-0.25, -0.2) is 4.98 Å². The Morgan fingerprint density at radius 2 is 2.33 bits per heavy atom. The Balaban J connectivity index is 1.58. The van der Waals surface area contributed by atoms with E-state index in [0.29, 0.717) is 5.92 Å². The molecule has 1 N–H and O–H groups in total. The predicted molar refractivity (Wildman–Crippen MR) is 73.6 cm³/mol. The van der Waals surface area contributed by atoms with Crippen molar-refractivity contribution in [2.24, 2.45) is 0 Å². The molecule has 3 rings (SSSR count). The second-order valence-corrected chi connectivity index (χ2v) is 5.66. The fourth-order valence-electron chi connectivity index (χ4n) is 3.26. The third-order valence-electron chi connectivity index (χ3n) is 4.22. The number of allylic oxidation sites excluding steroid dienone is 1. The van der Waals surface area contributed by atoms with E-state index in [2.05, 4.69) is 20.9 Å². The minimum Gasteiger partial charge on any atom is -0.348 e. The number of nitrogens with one attached hydrogen (secondary N) is 1. The van der Waals surface area contributed by atoms with Crippen LogP contribution in [0.1, 0.15) is 50.3 Å². The highest BCUT2D eigenvalue weighted by molar-refractivity contribution is 5.08. The summed E-state index contributed by atoms with van der Waals surface area (Å²) < 4.78 is 0. The molecule has 18 heavy (non-hydrogen) atoms. The molecule has 1 aromatic heterocycles. The number of piperidine rings is 1. The van der Waals surface area contributed by atoms with Gasteiger partial charge >= 0.3 is 0 Å². The van der Waals surface area contributed by atoms with E-state index in [-0.39, 0.29) is 0 Å². The SMILES string of the molecule is C1=C(CN2CCCC(c3ncc[nH]3)C2)CCCC1. The molecule has 1 atom stereocenters. The quantitative estimate of drug-likeness (QED) is 0.830. The van der Waals surface area contributed by atoms with Gasteiger partial charge in [0.15, 0.2) is 0 Å². The molecule has 1 aromatic rings. The zero-order valence-electron chi connectivity index (χ0n) is 11.1. The first-order valence-electron chi connectivity index (χ1n) is 7.31. The smallest absolute Gasteiger partial charge is 0.110 e. The molecule has 1 aliphatic carbocycles. The molecular formula is C15H23N3. The first-order valence-corrected chi connectivity index (χ1v) is 7.31. The summed E-state index contributed by atoms with van der Waals surface area (Å²) in [6, 6.07) is 0. The van der Waals surface area contributed by atoms with Crippen LogP contribution >= 0.6 is 0 Å². The summed E-state index contributed by atoms with van der Waals surface area (Å²) in [6.07, 6.45) is 14.3. The number of nitrogens with zero attached hydrogens (tertiary/aromatic N) is 2. The van der Waals surface area contributed by atoms with Crippen LogP contribution in [0.5, 0.6) is 0 Å². The molecule has 2 heterocycles. The predicted octanol–water partition coefficient (Wildman–Crippen LogP) is 3.09. The zero-order valence-corrected chi connectivity index (χ0v) is 11.1. The number of aromatic nitrogens is 2. The molecular weight excluding hydrogens is 222 g/mol. The van der Waals surface area contributed by atoms with E-state index in [1.54, 1.807) is 5.57 Å². The standard InChI is InChI=1S/C15H23N3/c1-2-5-13(6-3-1)11-18-10-4-7-14(12-18)15-16-8-9-17-15/h5,8-9,14H,1-4,6-7,10-12H2,(H,16,17). The van der Waals surface area contributed by atoms with E-state index in [1.165, 1.54) is 64.0 Å². The third-order valence-corrected chi connectivity index (χ3v) is 4.22. The molecule has 2 aliphatic rings. The van der Waals surface area contributed by atoms with Crippen LogP contribution in [0.4, 0.5) is 0 Å². The number of aromatic amines is 1. The first-order chi connectivity index (χ1) is 8.92. The molecule has 98 valence electrons. The Morgan fingerprint density at radius 1 is 1.33 bits per heavy atom. The largest absolute Gasteiger partial charge is 0.348 e. The van der Waals surface area contributed by atoms with Crippen LogP contribution in [0.25, 0.3) is 0 Å². The van der Waals surface area contributed by atoms with Gasteiger partial charge < -0.3 is 4.98 Å². The topological polar surface area (TPSA) is 31.9 Å². The number of rotatable bonds is 3. The van der Waals surface area contributed by atoms with Crippen molar-refractivity contribution in [1.29, 1.82) is 0 Å². The maximum Gasteiger partial charge on any atom is 0.110 e. The molecule has 3 heteroatoms. The average Bonchev–Trinajstić information content (AvgIpc) is 2.94. The summed E-state index contributed by atoms with van der Waals surface area (Å²) in [5, 5.41) is 0. The van der Waals surface area contributed by atoms with Gasteiger partial charge in [0, 0.05) is 31.4 Å². The van der Waals surface area contributed by atoms with E-state index in [4.69, 9.17) is 0 Å². The highest BCUT2D eigenvalue weighted by Gasteiger charge is 2.23. The number of hydrogen-bond donors (Lipinski definition) is 1. The van der Waals surface area contributed by atoms with E-state index in [1.807, 2.05) is 12.4 Å². The maximum absolute atomic E-state index is 4.42. The second kappa shape index (κ2) is 5.70. The molecule has 0 aromatic carbocycles. The second-order valence-electron chi connectivity index (χ2n) is 5.66. The summed E-state index contributed by atoms with van der Waals surface area (Å²) in [6.45, 7) is 3.62. The summed E-state index contributed by atoms with van der Waals surface area (Å²) in [7, 11) is 0. The van der Waals surface area contributed by atoms with Crippen molar-refractivity contribution in [2.75, 3.05) is 19.6 Å². The van der Waals surface area contributed by atoms with Crippen molar-refractivity contribution in [2.45, 2.75) is 44.4 Å². The van der Waals surface area contributed by atoms with Gasteiger partial charge in [0.1, 0.15) is 5.82 Å². The van der Waals surface area contributed by atoms with Crippen molar-refractivity contribution in [3.8, 4) is 0 Å². The summed E-state index contributed by atoms with van der Waals surface area (Å²) in [5.41, 5.74) is 1.67. The lowest BCUT2D eigenvalue weighted by Crippen LogP contribution is -2.36. The average molecular weight is 245 g/mol. The van der Waals surface area contributed by atoms with Crippen LogP contribution in [-0.2, 0) is 0 Å². The molecule has 0 spiro atoms. The van der Waals surface area contributed by atoms with Crippen molar-refractivity contribution >= 4 is 0 Å². The fraction of sp³-hybridized carbons (Fsp3) is 0.667. The number of hydrogen-bond acceptors (Lipinski definition) is 2. The minimum absolute atomic E-state index is 0.609. The zero-order chi connectivity index (χ0) is 12.2. The molecule has 0 radical (unpaired) electrons. The Kier molecular flexibility index (Phi) is 3.79. The summed E-state index contributed by atoms with van der Waals surface area (Å²) >= 11 is 0. The summed E-state index contributed by atoms with van der Waals surface area (Å²) in [5.74, 6) is 1.79. The molecule has 0 saturated carbocycles. The van der Waals surface area contributed by atoms with E-state index < -0.39 is 0 Å². The molecule has 1 fully saturated rings. The number of imidazole rings is 1. The Hall–Kier alpha value is -1.09. The van der Waals surface area contributed by atoms with Crippen molar-refractivity contribution in [3.63, 3.8) is 0 Å². The number of H-pyrrole nitrogens is 1. The van der Waals surface area contributed by atoms with Crippen LogP contribution in [0.3, 0.4) is 0 Å². The van der Waals surface area contributed by atoms with E-state index in [0.717, 1.165) is 0 Å². The van der Waals surface area contributed by atoms with Crippen LogP contribution in [-0.4, -0.2) is 34.5 Å².